The van der Waals surface area contributed by atoms with Crippen molar-refractivity contribution in [1.29, 1.82) is 0 Å². The molecule has 0 atom stereocenters. The molecule has 0 saturated carbocycles. The fourth-order valence-corrected chi connectivity index (χ4v) is 1.78. The molecule has 1 aromatic carbocycles. The van der Waals surface area contributed by atoms with Crippen LogP contribution in [0.3, 0.4) is 0 Å². The molecule has 0 spiro atoms. The van der Waals surface area contributed by atoms with E-state index in [1.165, 1.54) is 7.11 Å². The molecule has 0 heterocycles. The van der Waals surface area contributed by atoms with Gasteiger partial charge in [0.05, 0.1) is 16.5 Å². The van der Waals surface area contributed by atoms with Crippen molar-refractivity contribution in [1.82, 2.24) is 0 Å². The Balaban J connectivity index is 3.46. The summed E-state index contributed by atoms with van der Waals surface area (Å²) >= 11 is 2.91. The number of hydrogen-bond donors (Lipinski definition) is 1. The molecule has 0 aliphatic carbocycles. The Bertz CT molecular complexity index is 460. The van der Waals surface area contributed by atoms with Crippen molar-refractivity contribution in [2.24, 2.45) is 5.14 Å². The van der Waals surface area contributed by atoms with Crippen molar-refractivity contribution >= 4 is 26.0 Å². The van der Waals surface area contributed by atoms with E-state index in [4.69, 9.17) is 9.88 Å². The molecule has 0 radical (unpaired) electrons. The number of ether oxygens (including phenoxy) is 1. The van der Waals surface area contributed by atoms with Gasteiger partial charge in [-0.3, -0.25) is 0 Å². The van der Waals surface area contributed by atoms with Crippen molar-refractivity contribution in [2.75, 3.05) is 7.11 Å². The number of halogens is 2. The van der Waals surface area contributed by atoms with E-state index < -0.39 is 15.8 Å². The number of hydrogen-bond acceptors (Lipinski definition) is 3. The third kappa shape index (κ3) is 2.23. The van der Waals surface area contributed by atoms with Crippen LogP contribution in [0, 0.1) is 5.82 Å². The normalized spacial score (nSPS) is 11.4. The molecular weight excluding hydrogens is 277 g/mol. The second-order valence-corrected chi connectivity index (χ2v) is 4.82. The van der Waals surface area contributed by atoms with Crippen LogP contribution in [0.15, 0.2) is 21.5 Å². The highest BCUT2D eigenvalue weighted by molar-refractivity contribution is 9.10. The molecule has 0 unspecified atom stereocenters. The van der Waals surface area contributed by atoms with E-state index >= 15 is 0 Å². The molecule has 0 aliphatic rings. The summed E-state index contributed by atoms with van der Waals surface area (Å²) in [6, 6.07) is 1.96. The Morgan fingerprint density at radius 3 is 2.50 bits per heavy atom. The van der Waals surface area contributed by atoms with Crippen molar-refractivity contribution in [2.45, 2.75) is 4.90 Å². The van der Waals surface area contributed by atoms with Crippen molar-refractivity contribution in [3.05, 3.63) is 22.4 Å². The van der Waals surface area contributed by atoms with Crippen LogP contribution in [-0.2, 0) is 10.0 Å². The van der Waals surface area contributed by atoms with Crippen LogP contribution in [0.25, 0.3) is 0 Å². The Morgan fingerprint density at radius 2 is 2.07 bits per heavy atom. The quantitative estimate of drug-likeness (QED) is 0.888. The van der Waals surface area contributed by atoms with Gasteiger partial charge in [0.15, 0.2) is 0 Å². The molecule has 0 bridgehead atoms. The van der Waals surface area contributed by atoms with Gasteiger partial charge in [0.2, 0.25) is 10.0 Å². The SMILES string of the molecule is COc1cc(S(N)(=O)=O)cc(F)c1Br. The lowest BCUT2D eigenvalue weighted by molar-refractivity contribution is 0.406. The van der Waals surface area contributed by atoms with Crippen molar-refractivity contribution in [3.63, 3.8) is 0 Å². The summed E-state index contributed by atoms with van der Waals surface area (Å²) in [5, 5.41) is 4.83. The fraction of sp³-hybridized carbons (Fsp3) is 0.143. The standard InChI is InChI=1S/C7H7BrFNO3S/c1-13-6-3-4(14(10,11)12)2-5(9)7(6)8/h2-3H,1H3,(H2,10,11,12). The smallest absolute Gasteiger partial charge is 0.238 e. The zero-order valence-electron chi connectivity index (χ0n) is 7.12. The number of methoxy groups -OCH3 is 1. The molecule has 2 N–H and O–H groups in total. The molecule has 0 aliphatic heterocycles. The van der Waals surface area contributed by atoms with Crippen LogP contribution in [0.4, 0.5) is 4.39 Å². The summed E-state index contributed by atoms with van der Waals surface area (Å²) in [5.41, 5.74) is 0. The molecule has 1 rings (SSSR count). The zero-order valence-corrected chi connectivity index (χ0v) is 9.52. The summed E-state index contributed by atoms with van der Waals surface area (Å²) < 4.78 is 39.7. The molecular formula is C7H7BrFNO3S. The van der Waals surface area contributed by atoms with Gasteiger partial charge in [-0.1, -0.05) is 0 Å². The Kier molecular flexibility index (Phi) is 3.13. The second-order valence-electron chi connectivity index (χ2n) is 2.47. The lowest BCUT2D eigenvalue weighted by Gasteiger charge is -2.06. The average Bonchev–Trinajstić information content (AvgIpc) is 2.07. The van der Waals surface area contributed by atoms with E-state index in [0.717, 1.165) is 12.1 Å². The fourth-order valence-electron chi connectivity index (χ4n) is 0.853. The topological polar surface area (TPSA) is 69.4 Å². The van der Waals surface area contributed by atoms with Gasteiger partial charge in [-0.05, 0) is 22.0 Å². The first-order valence-corrected chi connectivity index (χ1v) is 5.76. The zero-order chi connectivity index (χ0) is 10.9. The monoisotopic (exact) mass is 283 g/mol. The minimum Gasteiger partial charge on any atom is -0.495 e. The van der Waals surface area contributed by atoms with Gasteiger partial charge in [-0.25, -0.2) is 17.9 Å². The maximum atomic E-state index is 13.1. The van der Waals surface area contributed by atoms with Gasteiger partial charge in [0.1, 0.15) is 11.6 Å². The summed E-state index contributed by atoms with van der Waals surface area (Å²) in [4.78, 5) is -0.324. The average molecular weight is 284 g/mol. The summed E-state index contributed by atoms with van der Waals surface area (Å²) in [6.07, 6.45) is 0. The van der Waals surface area contributed by atoms with Gasteiger partial charge in [-0.2, -0.15) is 0 Å². The Hall–Kier alpha value is -0.660. The van der Waals surface area contributed by atoms with Crippen LogP contribution in [0.5, 0.6) is 5.75 Å². The van der Waals surface area contributed by atoms with Gasteiger partial charge < -0.3 is 4.74 Å². The molecule has 78 valence electrons. The van der Waals surface area contributed by atoms with Crippen LogP contribution in [0.2, 0.25) is 0 Å². The highest BCUT2D eigenvalue weighted by Gasteiger charge is 2.15. The molecule has 4 nitrogen and oxygen atoms in total. The predicted molar refractivity (Wildman–Crippen MR) is 52.0 cm³/mol. The van der Waals surface area contributed by atoms with Crippen molar-refractivity contribution < 1.29 is 17.5 Å². The Morgan fingerprint density at radius 1 is 1.50 bits per heavy atom. The number of nitrogens with two attached hydrogens (primary N) is 1. The third-order valence-electron chi connectivity index (χ3n) is 1.52. The van der Waals surface area contributed by atoms with Crippen LogP contribution < -0.4 is 9.88 Å². The largest absolute Gasteiger partial charge is 0.495 e. The van der Waals surface area contributed by atoms with Crippen LogP contribution in [0.1, 0.15) is 0 Å². The van der Waals surface area contributed by atoms with Gasteiger partial charge in [0, 0.05) is 6.07 Å². The summed E-state index contributed by atoms with van der Waals surface area (Å²) in [6.45, 7) is 0. The van der Waals surface area contributed by atoms with Crippen LogP contribution >= 0.6 is 15.9 Å². The number of sulfonamides is 1. The highest BCUT2D eigenvalue weighted by atomic mass is 79.9. The molecule has 0 fully saturated rings. The van der Waals surface area contributed by atoms with E-state index in [-0.39, 0.29) is 15.1 Å². The Labute approximate surface area is 89.0 Å². The van der Waals surface area contributed by atoms with Crippen molar-refractivity contribution in [3.8, 4) is 5.75 Å². The molecule has 0 saturated heterocycles. The third-order valence-corrected chi connectivity index (χ3v) is 3.18. The first kappa shape index (κ1) is 11.4. The van der Waals surface area contributed by atoms with Gasteiger partial charge in [-0.15, -0.1) is 0 Å². The second kappa shape index (κ2) is 3.84. The summed E-state index contributed by atoms with van der Waals surface area (Å²) in [7, 11) is -2.62. The molecule has 7 heteroatoms. The van der Waals surface area contributed by atoms with E-state index in [2.05, 4.69) is 15.9 Å². The van der Waals surface area contributed by atoms with E-state index in [1.54, 1.807) is 0 Å². The summed E-state index contributed by atoms with van der Waals surface area (Å²) in [5.74, 6) is -0.664. The first-order valence-electron chi connectivity index (χ1n) is 3.42. The molecule has 1 aromatic rings. The molecule has 0 amide bonds. The minimum atomic E-state index is -3.92. The predicted octanol–water partition coefficient (Wildman–Crippen LogP) is 1.24. The first-order chi connectivity index (χ1) is 6.36. The molecule has 0 aromatic heterocycles. The number of rotatable bonds is 2. The van der Waals surface area contributed by atoms with E-state index in [9.17, 15) is 12.8 Å². The maximum absolute atomic E-state index is 13.1. The van der Waals surface area contributed by atoms with Gasteiger partial charge >= 0.3 is 0 Å². The lowest BCUT2D eigenvalue weighted by Crippen LogP contribution is -2.12. The van der Waals surface area contributed by atoms with E-state index in [0.29, 0.717) is 0 Å². The molecule has 14 heavy (non-hydrogen) atoms. The number of benzene rings is 1. The number of primary sulfonamides is 1. The minimum absolute atomic E-state index is 0.0624. The van der Waals surface area contributed by atoms with E-state index in [1.807, 2.05) is 0 Å². The maximum Gasteiger partial charge on any atom is 0.238 e. The highest BCUT2D eigenvalue weighted by Crippen LogP contribution is 2.30. The lowest BCUT2D eigenvalue weighted by atomic mass is 10.3. The van der Waals surface area contributed by atoms with Gasteiger partial charge in [0.25, 0.3) is 0 Å². The van der Waals surface area contributed by atoms with Crippen LogP contribution in [-0.4, -0.2) is 15.5 Å².